The quantitative estimate of drug-likeness (QED) is 0.493. The molecule has 0 aliphatic heterocycles. The summed E-state index contributed by atoms with van der Waals surface area (Å²) in [6.07, 6.45) is 0. The van der Waals surface area contributed by atoms with Crippen LogP contribution in [0.1, 0.15) is 0 Å². The molecule has 2 aliphatic rings. The van der Waals surface area contributed by atoms with Gasteiger partial charge in [-0.05, 0) is 11.8 Å². The first-order chi connectivity index (χ1) is 8.29. The van der Waals surface area contributed by atoms with Crippen LogP contribution in [0.4, 0.5) is 0 Å². The van der Waals surface area contributed by atoms with Gasteiger partial charge < -0.3 is 20.4 Å². The van der Waals surface area contributed by atoms with Gasteiger partial charge in [-0.15, -0.1) is 0 Å². The molecule has 0 aromatic rings. The highest BCUT2D eigenvalue weighted by Crippen LogP contribution is 2.65. The van der Waals surface area contributed by atoms with E-state index in [0.29, 0.717) is 0 Å². The van der Waals surface area contributed by atoms with Gasteiger partial charge in [-0.1, -0.05) is 0 Å². The third kappa shape index (κ3) is 1.60. The molecule has 2 rings (SSSR count). The molecule has 98 valence electrons. The van der Waals surface area contributed by atoms with E-state index in [0.717, 1.165) is 0 Å². The standard InChI is InChI=1S/C10H10O8/c11-7(12)3-1(4(3)8(13)14)2-5(9(15)16)6(2)10(17)18/h1-6H,(H,11,12)(H,13,14)(H,15,16)(H,17,18)/t1?,3-,4+,5-,6-/m0/s1. The van der Waals surface area contributed by atoms with Crippen LogP contribution >= 0.6 is 0 Å². The van der Waals surface area contributed by atoms with E-state index in [1.807, 2.05) is 0 Å². The predicted molar refractivity (Wildman–Crippen MR) is 51.5 cm³/mol. The van der Waals surface area contributed by atoms with Gasteiger partial charge in [0.1, 0.15) is 0 Å². The van der Waals surface area contributed by atoms with E-state index in [9.17, 15) is 19.2 Å². The van der Waals surface area contributed by atoms with Crippen molar-refractivity contribution in [1.82, 2.24) is 0 Å². The minimum Gasteiger partial charge on any atom is -0.481 e. The van der Waals surface area contributed by atoms with Crippen LogP contribution in [0.25, 0.3) is 0 Å². The van der Waals surface area contributed by atoms with Crippen LogP contribution in [-0.4, -0.2) is 44.3 Å². The zero-order valence-corrected chi connectivity index (χ0v) is 8.89. The summed E-state index contributed by atoms with van der Waals surface area (Å²) in [7, 11) is 0. The first-order valence-corrected chi connectivity index (χ1v) is 5.20. The normalized spacial score (nSPS) is 40.9. The molecule has 8 heteroatoms. The third-order valence-electron chi connectivity index (χ3n) is 3.74. The topological polar surface area (TPSA) is 149 Å². The average molecular weight is 258 g/mol. The van der Waals surface area contributed by atoms with Crippen molar-refractivity contribution in [3.05, 3.63) is 0 Å². The van der Waals surface area contributed by atoms with E-state index < -0.39 is 59.4 Å². The fraction of sp³-hybridized carbons (Fsp3) is 0.600. The highest BCUT2D eigenvalue weighted by atomic mass is 16.4. The lowest BCUT2D eigenvalue weighted by Gasteiger charge is -1.92. The molecule has 5 atom stereocenters. The number of hydrogen-bond donors (Lipinski definition) is 4. The van der Waals surface area contributed by atoms with Gasteiger partial charge in [-0.2, -0.15) is 0 Å². The van der Waals surface area contributed by atoms with Gasteiger partial charge >= 0.3 is 23.9 Å². The number of carboxylic acid groups (broad SMARTS) is 4. The summed E-state index contributed by atoms with van der Waals surface area (Å²) in [5, 5.41) is 35.2. The van der Waals surface area contributed by atoms with Gasteiger partial charge in [0, 0.05) is 0 Å². The first kappa shape index (κ1) is 12.3. The molecular weight excluding hydrogens is 248 g/mol. The average Bonchev–Trinajstić information content (AvgIpc) is 3.08. The number of hydrogen-bond acceptors (Lipinski definition) is 4. The van der Waals surface area contributed by atoms with Gasteiger partial charge in [-0.3, -0.25) is 19.2 Å². The summed E-state index contributed by atoms with van der Waals surface area (Å²) in [5.41, 5.74) is 0. The van der Waals surface area contributed by atoms with E-state index in [-0.39, 0.29) is 0 Å². The Kier molecular flexibility index (Phi) is 2.53. The van der Waals surface area contributed by atoms with Crippen molar-refractivity contribution in [2.24, 2.45) is 35.5 Å². The molecule has 8 nitrogen and oxygen atoms in total. The van der Waals surface area contributed by atoms with Gasteiger partial charge in [0.05, 0.1) is 23.7 Å². The van der Waals surface area contributed by atoms with Gasteiger partial charge in [0.15, 0.2) is 0 Å². The summed E-state index contributed by atoms with van der Waals surface area (Å²) in [6.45, 7) is 0. The molecule has 0 aromatic heterocycles. The molecule has 0 saturated heterocycles. The summed E-state index contributed by atoms with van der Waals surface area (Å²) in [6, 6.07) is 0. The molecule has 0 radical (unpaired) electrons. The fourth-order valence-corrected chi connectivity index (χ4v) is 2.90. The second kappa shape index (κ2) is 3.69. The number of rotatable bonds is 5. The zero-order valence-electron chi connectivity index (χ0n) is 8.89. The Hall–Kier alpha value is -2.12. The molecule has 18 heavy (non-hydrogen) atoms. The van der Waals surface area contributed by atoms with Crippen molar-refractivity contribution < 1.29 is 39.6 Å². The van der Waals surface area contributed by atoms with E-state index in [1.165, 1.54) is 0 Å². The first-order valence-electron chi connectivity index (χ1n) is 5.20. The van der Waals surface area contributed by atoms with Crippen molar-refractivity contribution >= 4 is 23.9 Å². The predicted octanol–water partition coefficient (Wildman–Crippen LogP) is -0.951. The van der Waals surface area contributed by atoms with Crippen molar-refractivity contribution in [3.8, 4) is 0 Å². The Balaban J connectivity index is 2.18. The molecular formula is C10H10O8. The number of carboxylic acids is 4. The Morgan fingerprint density at radius 3 is 0.778 bits per heavy atom. The molecule has 0 bridgehead atoms. The molecule has 0 heterocycles. The lowest BCUT2D eigenvalue weighted by molar-refractivity contribution is -0.144. The van der Waals surface area contributed by atoms with Crippen LogP contribution in [0.15, 0.2) is 0 Å². The lowest BCUT2D eigenvalue weighted by atomic mass is 10.1. The molecule has 0 amide bonds. The SMILES string of the molecule is O=C(O)[C@@H]1C(C2[C@H](C(=O)O)[C@H]2C(=O)O)[C@@H]1C(=O)O. The smallest absolute Gasteiger partial charge is 0.307 e. The van der Waals surface area contributed by atoms with Crippen molar-refractivity contribution in [2.45, 2.75) is 0 Å². The third-order valence-corrected chi connectivity index (χ3v) is 3.74. The Labute approximate surface area is 99.8 Å². The van der Waals surface area contributed by atoms with Gasteiger partial charge in [-0.25, -0.2) is 0 Å². The molecule has 4 N–H and O–H groups in total. The maximum atomic E-state index is 10.8. The minimum atomic E-state index is -1.33. The Morgan fingerprint density at radius 2 is 0.667 bits per heavy atom. The highest BCUT2D eigenvalue weighted by molar-refractivity contribution is 5.90. The Bertz CT molecular complexity index is 373. The minimum absolute atomic E-state index is 0.901. The number of aliphatic carboxylic acids is 4. The van der Waals surface area contributed by atoms with Crippen molar-refractivity contribution in [3.63, 3.8) is 0 Å². The molecule has 2 aliphatic carbocycles. The van der Waals surface area contributed by atoms with Crippen LogP contribution in [0.3, 0.4) is 0 Å². The molecule has 0 aromatic carbocycles. The molecule has 0 spiro atoms. The summed E-state index contributed by atoms with van der Waals surface area (Å²) in [5.74, 6) is -11.8. The van der Waals surface area contributed by atoms with E-state index in [4.69, 9.17) is 20.4 Å². The number of carbonyl (C=O) groups is 4. The molecule has 2 fully saturated rings. The van der Waals surface area contributed by atoms with Crippen LogP contribution in [-0.2, 0) is 19.2 Å². The van der Waals surface area contributed by atoms with E-state index >= 15 is 0 Å². The van der Waals surface area contributed by atoms with Crippen molar-refractivity contribution in [2.75, 3.05) is 0 Å². The zero-order chi connectivity index (χ0) is 13.8. The van der Waals surface area contributed by atoms with Crippen molar-refractivity contribution in [1.29, 1.82) is 0 Å². The second-order valence-corrected chi connectivity index (χ2v) is 4.61. The highest BCUT2D eigenvalue weighted by Gasteiger charge is 2.74. The lowest BCUT2D eigenvalue weighted by Crippen LogP contribution is -2.05. The monoisotopic (exact) mass is 258 g/mol. The van der Waals surface area contributed by atoms with E-state index in [1.54, 1.807) is 0 Å². The summed E-state index contributed by atoms with van der Waals surface area (Å²) < 4.78 is 0. The maximum Gasteiger partial charge on any atom is 0.307 e. The Morgan fingerprint density at radius 1 is 0.500 bits per heavy atom. The van der Waals surface area contributed by atoms with Crippen LogP contribution < -0.4 is 0 Å². The maximum absolute atomic E-state index is 10.8. The summed E-state index contributed by atoms with van der Waals surface area (Å²) >= 11 is 0. The van der Waals surface area contributed by atoms with Crippen LogP contribution in [0.5, 0.6) is 0 Å². The second-order valence-electron chi connectivity index (χ2n) is 4.61. The van der Waals surface area contributed by atoms with Crippen LogP contribution in [0.2, 0.25) is 0 Å². The van der Waals surface area contributed by atoms with E-state index in [2.05, 4.69) is 0 Å². The van der Waals surface area contributed by atoms with Gasteiger partial charge in [0.2, 0.25) is 0 Å². The largest absolute Gasteiger partial charge is 0.481 e. The molecule has 2 saturated carbocycles. The summed E-state index contributed by atoms with van der Waals surface area (Å²) in [4.78, 5) is 43.3. The molecule has 1 unspecified atom stereocenters. The van der Waals surface area contributed by atoms with Crippen LogP contribution in [0, 0.1) is 35.5 Å². The fourth-order valence-electron chi connectivity index (χ4n) is 2.90. The van der Waals surface area contributed by atoms with Gasteiger partial charge in [0.25, 0.3) is 0 Å².